The van der Waals surface area contributed by atoms with Crippen molar-refractivity contribution in [3.8, 4) is 22.6 Å². The van der Waals surface area contributed by atoms with Gasteiger partial charge in [0.25, 0.3) is 0 Å². The van der Waals surface area contributed by atoms with Gasteiger partial charge in [0.05, 0.1) is 25.3 Å². The lowest BCUT2D eigenvalue weighted by Crippen LogP contribution is -2.15. The third-order valence-corrected chi connectivity index (χ3v) is 6.43. The number of esters is 1. The molecule has 1 amide bonds. The number of halogens is 2. The number of anilines is 1. The summed E-state index contributed by atoms with van der Waals surface area (Å²) in [6.45, 7) is 4.69. The number of nitrogens with one attached hydrogen (secondary N) is 1. The van der Waals surface area contributed by atoms with Crippen LogP contribution in [0.2, 0.25) is 10.0 Å². The first-order valence-electron chi connectivity index (χ1n) is 10.7. The van der Waals surface area contributed by atoms with Crippen molar-refractivity contribution >= 4 is 51.4 Å². The largest absolute Gasteiger partial charge is 0.494 e. The van der Waals surface area contributed by atoms with Gasteiger partial charge in [-0.3, -0.25) is 4.79 Å². The molecule has 0 fully saturated rings. The number of rotatable bonds is 10. The zero-order valence-corrected chi connectivity index (χ0v) is 21.4. The normalized spacial score (nSPS) is 10.6. The molecule has 1 N–H and O–H groups in total. The molecule has 9 heteroatoms. The number of hydrogen-bond donors (Lipinski definition) is 1. The number of aryl methyl sites for hydroxylation is 1. The highest BCUT2D eigenvalue weighted by Crippen LogP contribution is 2.41. The zero-order valence-electron chi connectivity index (χ0n) is 19.1. The number of carbonyl (C=O) groups excluding carboxylic acids is 2. The van der Waals surface area contributed by atoms with Crippen molar-refractivity contribution in [2.45, 2.75) is 26.7 Å². The molecule has 180 valence electrons. The Labute approximate surface area is 212 Å². The molecule has 6 nitrogen and oxygen atoms in total. The molecule has 34 heavy (non-hydrogen) atoms. The SMILES string of the molecule is CCOc1ccc(-c2c(C)sc(NC(=O)CCCOc3ccc(Cl)cc3Cl)c2C(=O)OC)cc1. The summed E-state index contributed by atoms with van der Waals surface area (Å²) in [6.07, 6.45) is 0.676. The van der Waals surface area contributed by atoms with Crippen molar-refractivity contribution in [2.24, 2.45) is 0 Å². The average Bonchev–Trinajstić information content (AvgIpc) is 3.13. The second-order valence-corrected chi connectivity index (χ2v) is 9.33. The van der Waals surface area contributed by atoms with E-state index in [9.17, 15) is 9.59 Å². The van der Waals surface area contributed by atoms with Crippen LogP contribution in [0.25, 0.3) is 11.1 Å². The third kappa shape index (κ3) is 6.44. The van der Waals surface area contributed by atoms with E-state index < -0.39 is 5.97 Å². The molecular formula is C25H25Cl2NO5S. The fraction of sp³-hybridized carbons (Fsp3) is 0.280. The van der Waals surface area contributed by atoms with Crippen LogP contribution in [-0.4, -0.2) is 32.2 Å². The summed E-state index contributed by atoms with van der Waals surface area (Å²) in [6, 6.07) is 12.4. The fourth-order valence-corrected chi connectivity index (χ4v) is 4.90. The lowest BCUT2D eigenvalue weighted by Gasteiger charge is -2.10. The van der Waals surface area contributed by atoms with Crippen LogP contribution in [-0.2, 0) is 9.53 Å². The smallest absolute Gasteiger partial charge is 0.341 e. The van der Waals surface area contributed by atoms with Gasteiger partial charge in [-0.1, -0.05) is 35.3 Å². The summed E-state index contributed by atoms with van der Waals surface area (Å²) in [5.74, 6) is 0.516. The van der Waals surface area contributed by atoms with E-state index in [1.165, 1.54) is 18.4 Å². The maximum absolute atomic E-state index is 12.6. The predicted octanol–water partition coefficient (Wildman–Crippen LogP) is 7.01. The molecule has 3 rings (SSSR count). The number of benzene rings is 2. The Morgan fingerprint density at radius 3 is 2.44 bits per heavy atom. The van der Waals surface area contributed by atoms with Crippen LogP contribution in [0.5, 0.6) is 11.5 Å². The van der Waals surface area contributed by atoms with E-state index in [0.717, 1.165) is 21.8 Å². The van der Waals surface area contributed by atoms with Crippen LogP contribution in [0.3, 0.4) is 0 Å². The molecule has 0 saturated heterocycles. The predicted molar refractivity (Wildman–Crippen MR) is 137 cm³/mol. The first kappa shape index (κ1) is 25.9. The van der Waals surface area contributed by atoms with Gasteiger partial charge in [0.15, 0.2) is 0 Å². The van der Waals surface area contributed by atoms with Crippen LogP contribution < -0.4 is 14.8 Å². The minimum atomic E-state index is -0.510. The van der Waals surface area contributed by atoms with Crippen LogP contribution in [0.1, 0.15) is 35.0 Å². The third-order valence-electron chi connectivity index (χ3n) is 4.88. The monoisotopic (exact) mass is 521 g/mol. The van der Waals surface area contributed by atoms with Crippen molar-refractivity contribution in [1.29, 1.82) is 0 Å². The zero-order chi connectivity index (χ0) is 24.7. The van der Waals surface area contributed by atoms with Gasteiger partial charge in [0.2, 0.25) is 5.91 Å². The Hall–Kier alpha value is -2.74. The van der Waals surface area contributed by atoms with Crippen molar-refractivity contribution in [1.82, 2.24) is 0 Å². The second kappa shape index (κ2) is 12.1. The molecule has 0 atom stereocenters. The van der Waals surface area contributed by atoms with Crippen LogP contribution in [0, 0.1) is 6.92 Å². The molecule has 0 spiro atoms. The van der Waals surface area contributed by atoms with E-state index in [-0.39, 0.29) is 12.3 Å². The highest BCUT2D eigenvalue weighted by atomic mass is 35.5. The van der Waals surface area contributed by atoms with Gasteiger partial charge in [-0.25, -0.2) is 4.79 Å². The number of thiophene rings is 1. The fourth-order valence-electron chi connectivity index (χ4n) is 3.36. The molecule has 0 saturated carbocycles. The van der Waals surface area contributed by atoms with Crippen LogP contribution in [0.15, 0.2) is 42.5 Å². The number of amides is 1. The summed E-state index contributed by atoms with van der Waals surface area (Å²) < 4.78 is 16.1. The molecule has 3 aromatic rings. The minimum absolute atomic E-state index is 0.209. The Bertz CT molecular complexity index is 1160. The van der Waals surface area contributed by atoms with Gasteiger partial charge in [-0.05, 0) is 56.2 Å². The van der Waals surface area contributed by atoms with Crippen LogP contribution >= 0.6 is 34.5 Å². The molecule has 0 aliphatic rings. The lowest BCUT2D eigenvalue weighted by atomic mass is 10.0. The molecule has 0 bridgehead atoms. The molecule has 1 heterocycles. The maximum Gasteiger partial charge on any atom is 0.341 e. The topological polar surface area (TPSA) is 73.9 Å². The molecule has 1 aromatic heterocycles. The van der Waals surface area contributed by atoms with Crippen molar-refractivity contribution < 1.29 is 23.8 Å². The van der Waals surface area contributed by atoms with E-state index in [1.54, 1.807) is 18.2 Å². The van der Waals surface area contributed by atoms with Gasteiger partial charge < -0.3 is 19.5 Å². The average molecular weight is 522 g/mol. The highest BCUT2D eigenvalue weighted by Gasteiger charge is 2.25. The van der Waals surface area contributed by atoms with Crippen molar-refractivity contribution in [3.63, 3.8) is 0 Å². The number of methoxy groups -OCH3 is 1. The molecule has 2 aromatic carbocycles. The molecule has 0 aliphatic heterocycles. The number of ether oxygens (including phenoxy) is 3. The van der Waals surface area contributed by atoms with Gasteiger partial charge in [-0.2, -0.15) is 0 Å². The number of hydrogen-bond acceptors (Lipinski definition) is 6. The minimum Gasteiger partial charge on any atom is -0.494 e. The summed E-state index contributed by atoms with van der Waals surface area (Å²) in [5.41, 5.74) is 1.91. The first-order valence-corrected chi connectivity index (χ1v) is 12.2. The van der Waals surface area contributed by atoms with E-state index >= 15 is 0 Å². The quantitative estimate of drug-likeness (QED) is 0.229. The summed E-state index contributed by atoms with van der Waals surface area (Å²) in [7, 11) is 1.32. The van der Waals surface area contributed by atoms with E-state index in [0.29, 0.717) is 46.0 Å². The Kier molecular flexibility index (Phi) is 9.21. The van der Waals surface area contributed by atoms with E-state index in [1.807, 2.05) is 38.1 Å². The van der Waals surface area contributed by atoms with Gasteiger partial charge >= 0.3 is 5.97 Å². The van der Waals surface area contributed by atoms with Gasteiger partial charge in [0.1, 0.15) is 22.1 Å². The number of carbonyl (C=O) groups is 2. The lowest BCUT2D eigenvalue weighted by molar-refractivity contribution is -0.116. The Balaban J connectivity index is 1.69. The maximum atomic E-state index is 12.6. The van der Waals surface area contributed by atoms with Crippen molar-refractivity contribution in [3.05, 3.63) is 63.0 Å². The van der Waals surface area contributed by atoms with Gasteiger partial charge in [0, 0.05) is 21.9 Å². The molecule has 0 aliphatic carbocycles. The highest BCUT2D eigenvalue weighted by molar-refractivity contribution is 7.17. The van der Waals surface area contributed by atoms with Crippen LogP contribution in [0.4, 0.5) is 5.00 Å². The Morgan fingerprint density at radius 1 is 1.06 bits per heavy atom. The first-order chi connectivity index (χ1) is 16.3. The molecule has 0 radical (unpaired) electrons. The van der Waals surface area contributed by atoms with Gasteiger partial charge in [-0.15, -0.1) is 11.3 Å². The molecular weight excluding hydrogens is 497 g/mol. The summed E-state index contributed by atoms with van der Waals surface area (Å²) in [4.78, 5) is 26.1. The van der Waals surface area contributed by atoms with Crippen molar-refractivity contribution in [2.75, 3.05) is 25.6 Å². The second-order valence-electron chi connectivity index (χ2n) is 7.26. The summed E-state index contributed by atoms with van der Waals surface area (Å²) in [5, 5.41) is 4.25. The molecule has 0 unspecified atom stereocenters. The summed E-state index contributed by atoms with van der Waals surface area (Å²) >= 11 is 13.3. The Morgan fingerprint density at radius 2 is 1.79 bits per heavy atom. The van der Waals surface area contributed by atoms with E-state index in [2.05, 4.69) is 5.32 Å². The standard InChI is InChI=1S/C25H25Cl2NO5S/c1-4-32-18-10-7-16(8-11-18)22-15(2)34-24(23(22)25(30)31-3)28-21(29)6-5-13-33-20-12-9-17(26)14-19(20)27/h7-12,14H,4-6,13H2,1-3H3,(H,28,29). The van der Waals surface area contributed by atoms with E-state index in [4.69, 9.17) is 37.4 Å².